The van der Waals surface area contributed by atoms with Gasteiger partial charge in [-0.3, -0.25) is 9.79 Å². The van der Waals surface area contributed by atoms with Crippen LogP contribution in [0.2, 0.25) is 0 Å². The minimum Gasteiger partial charge on any atom is -0.493 e. The topological polar surface area (TPSA) is 74.8 Å². The van der Waals surface area contributed by atoms with Gasteiger partial charge < -0.3 is 20.7 Å². The molecule has 0 saturated heterocycles. The molecule has 3 rings (SSSR count). The maximum atomic E-state index is 12.0. The Morgan fingerprint density at radius 2 is 1.73 bits per heavy atom. The Morgan fingerprint density at radius 1 is 1.00 bits per heavy atom. The second-order valence-corrected chi connectivity index (χ2v) is 7.23. The van der Waals surface area contributed by atoms with Crippen molar-refractivity contribution in [1.29, 1.82) is 0 Å². The predicted molar refractivity (Wildman–Crippen MR) is 131 cm³/mol. The van der Waals surface area contributed by atoms with Gasteiger partial charge >= 0.3 is 0 Å². The summed E-state index contributed by atoms with van der Waals surface area (Å²) in [5.41, 5.74) is 2.19. The van der Waals surface area contributed by atoms with Crippen molar-refractivity contribution in [3.8, 4) is 5.75 Å². The molecule has 1 saturated carbocycles. The van der Waals surface area contributed by atoms with E-state index >= 15 is 0 Å². The van der Waals surface area contributed by atoms with Crippen LogP contribution in [0.15, 0.2) is 59.6 Å². The molecule has 0 aliphatic heterocycles. The third-order valence-electron chi connectivity index (χ3n) is 4.79. The number of aliphatic imine (C=N–C) groups is 1. The minimum atomic E-state index is 0. The van der Waals surface area contributed by atoms with Crippen molar-refractivity contribution in [2.24, 2.45) is 10.9 Å². The average Bonchev–Trinajstić information content (AvgIpc) is 3.59. The molecular weight excluding hydrogens is 491 g/mol. The lowest BCUT2D eigenvalue weighted by molar-refractivity contribution is -0.121. The van der Waals surface area contributed by atoms with E-state index in [9.17, 15) is 4.79 Å². The largest absolute Gasteiger partial charge is 0.493 e. The first kappa shape index (κ1) is 24.0. The van der Waals surface area contributed by atoms with Crippen LogP contribution in [0.4, 0.5) is 0 Å². The number of carbonyl (C=O) groups is 1. The van der Waals surface area contributed by atoms with E-state index in [-0.39, 0.29) is 29.9 Å². The Labute approximate surface area is 195 Å². The summed E-state index contributed by atoms with van der Waals surface area (Å²) in [6.45, 7) is 2.47. The zero-order valence-corrected chi connectivity index (χ0v) is 19.7. The fourth-order valence-corrected chi connectivity index (χ4v) is 2.86. The Hall–Kier alpha value is -2.29. The molecule has 0 atom stereocenters. The van der Waals surface area contributed by atoms with E-state index in [0.717, 1.165) is 29.4 Å². The minimum absolute atomic E-state index is 0. The van der Waals surface area contributed by atoms with Crippen molar-refractivity contribution in [1.82, 2.24) is 16.0 Å². The highest BCUT2D eigenvalue weighted by atomic mass is 127. The molecule has 2 aromatic rings. The second-order valence-electron chi connectivity index (χ2n) is 7.23. The number of carbonyl (C=O) groups excluding carboxylic acids is 1. The Kier molecular flexibility index (Phi) is 10.5. The van der Waals surface area contributed by atoms with Crippen LogP contribution in [-0.4, -0.2) is 32.1 Å². The molecule has 1 aliphatic carbocycles. The number of nitrogens with one attached hydrogen (secondary N) is 3. The quantitative estimate of drug-likeness (QED) is 0.254. The highest BCUT2D eigenvalue weighted by Crippen LogP contribution is 2.30. The van der Waals surface area contributed by atoms with Gasteiger partial charge in [0.05, 0.1) is 6.61 Å². The van der Waals surface area contributed by atoms with Crippen molar-refractivity contribution in [3.63, 3.8) is 0 Å². The SMILES string of the molecule is CN=C(NCCC(=O)NCc1ccccc1)NCc1ccccc1OCC1CC1.I. The van der Waals surface area contributed by atoms with Crippen molar-refractivity contribution in [3.05, 3.63) is 65.7 Å². The summed E-state index contributed by atoms with van der Waals surface area (Å²) >= 11 is 0. The smallest absolute Gasteiger partial charge is 0.222 e. The summed E-state index contributed by atoms with van der Waals surface area (Å²) < 4.78 is 5.95. The molecule has 30 heavy (non-hydrogen) atoms. The number of guanidine groups is 1. The van der Waals surface area contributed by atoms with Crippen molar-refractivity contribution >= 4 is 35.8 Å². The highest BCUT2D eigenvalue weighted by Gasteiger charge is 2.22. The molecule has 162 valence electrons. The van der Waals surface area contributed by atoms with E-state index in [4.69, 9.17) is 4.74 Å². The number of amides is 1. The van der Waals surface area contributed by atoms with E-state index in [2.05, 4.69) is 27.0 Å². The van der Waals surface area contributed by atoms with Crippen LogP contribution in [0.3, 0.4) is 0 Å². The lowest BCUT2D eigenvalue weighted by Crippen LogP contribution is -2.39. The lowest BCUT2D eigenvalue weighted by Gasteiger charge is -2.15. The maximum Gasteiger partial charge on any atom is 0.222 e. The molecule has 1 amide bonds. The zero-order chi connectivity index (χ0) is 20.3. The molecule has 0 radical (unpaired) electrons. The standard InChI is InChI=1S/C23H30N4O2.HI/c1-24-23(25-14-13-22(28)26-15-18-7-3-2-4-8-18)27-16-20-9-5-6-10-21(20)29-17-19-11-12-19;/h2-10,19H,11-17H2,1H3,(H,26,28)(H2,24,25,27);1H. The van der Waals surface area contributed by atoms with Crippen molar-refractivity contribution in [2.45, 2.75) is 32.4 Å². The van der Waals surface area contributed by atoms with Crippen LogP contribution in [0, 0.1) is 5.92 Å². The number of hydrogen-bond donors (Lipinski definition) is 3. The van der Waals surface area contributed by atoms with E-state index in [1.54, 1.807) is 7.05 Å². The predicted octanol–water partition coefficient (Wildman–Crippen LogP) is 3.46. The molecule has 0 unspecified atom stereocenters. The van der Waals surface area contributed by atoms with Crippen LogP contribution in [0.5, 0.6) is 5.75 Å². The van der Waals surface area contributed by atoms with Crippen LogP contribution in [-0.2, 0) is 17.9 Å². The maximum absolute atomic E-state index is 12.0. The Bertz CT molecular complexity index is 810. The van der Waals surface area contributed by atoms with Gasteiger partial charge in [0.2, 0.25) is 5.91 Å². The molecule has 2 aromatic carbocycles. The van der Waals surface area contributed by atoms with Gasteiger partial charge in [0.1, 0.15) is 5.75 Å². The van der Waals surface area contributed by atoms with Crippen LogP contribution >= 0.6 is 24.0 Å². The number of hydrogen-bond acceptors (Lipinski definition) is 3. The molecule has 1 fully saturated rings. The third kappa shape index (κ3) is 8.61. The first-order valence-corrected chi connectivity index (χ1v) is 10.2. The first-order chi connectivity index (χ1) is 14.2. The summed E-state index contributed by atoms with van der Waals surface area (Å²) in [5.74, 6) is 2.31. The fraction of sp³-hybridized carbons (Fsp3) is 0.391. The summed E-state index contributed by atoms with van der Waals surface area (Å²) in [4.78, 5) is 16.2. The molecule has 0 spiro atoms. The van der Waals surface area contributed by atoms with Crippen molar-refractivity contribution < 1.29 is 9.53 Å². The summed E-state index contributed by atoms with van der Waals surface area (Å²) in [6.07, 6.45) is 2.93. The molecule has 0 bridgehead atoms. The Balaban J connectivity index is 0.00000320. The molecule has 6 nitrogen and oxygen atoms in total. The summed E-state index contributed by atoms with van der Waals surface area (Å²) in [5, 5.41) is 9.40. The molecular formula is C23H31IN4O2. The van der Waals surface area contributed by atoms with Crippen LogP contribution < -0.4 is 20.7 Å². The number of nitrogens with zero attached hydrogens (tertiary/aromatic N) is 1. The van der Waals surface area contributed by atoms with Gasteiger partial charge in [-0.25, -0.2) is 0 Å². The Morgan fingerprint density at radius 3 is 2.47 bits per heavy atom. The molecule has 0 heterocycles. The van der Waals surface area contributed by atoms with Gasteiger partial charge in [0.15, 0.2) is 5.96 Å². The summed E-state index contributed by atoms with van der Waals surface area (Å²) in [7, 11) is 1.72. The zero-order valence-electron chi connectivity index (χ0n) is 17.4. The number of ether oxygens (including phenoxy) is 1. The van der Waals surface area contributed by atoms with E-state index < -0.39 is 0 Å². The number of para-hydroxylation sites is 1. The van der Waals surface area contributed by atoms with Gasteiger partial charge in [0.25, 0.3) is 0 Å². The monoisotopic (exact) mass is 522 g/mol. The van der Waals surface area contributed by atoms with Crippen molar-refractivity contribution in [2.75, 3.05) is 20.2 Å². The molecule has 1 aliphatic rings. The lowest BCUT2D eigenvalue weighted by atomic mass is 10.2. The molecule has 3 N–H and O–H groups in total. The van der Waals surface area contributed by atoms with Gasteiger partial charge in [-0.1, -0.05) is 48.5 Å². The second kappa shape index (κ2) is 13.1. The van der Waals surface area contributed by atoms with Crippen LogP contribution in [0.25, 0.3) is 0 Å². The summed E-state index contributed by atoms with van der Waals surface area (Å²) in [6, 6.07) is 18.0. The van der Waals surface area contributed by atoms with Gasteiger partial charge in [-0.15, -0.1) is 24.0 Å². The van der Waals surface area contributed by atoms with Gasteiger partial charge in [-0.2, -0.15) is 0 Å². The van der Waals surface area contributed by atoms with Gasteiger partial charge in [0, 0.05) is 38.7 Å². The van der Waals surface area contributed by atoms with Crippen LogP contribution in [0.1, 0.15) is 30.4 Å². The molecule has 7 heteroatoms. The average molecular weight is 522 g/mol. The number of rotatable bonds is 10. The number of halogens is 1. The fourth-order valence-electron chi connectivity index (χ4n) is 2.86. The molecule has 0 aromatic heterocycles. The van der Waals surface area contributed by atoms with E-state index in [1.807, 2.05) is 48.5 Å². The van der Waals surface area contributed by atoms with Gasteiger partial charge in [-0.05, 0) is 30.4 Å². The van der Waals surface area contributed by atoms with E-state index in [1.165, 1.54) is 12.8 Å². The highest BCUT2D eigenvalue weighted by molar-refractivity contribution is 14.0. The first-order valence-electron chi connectivity index (χ1n) is 10.2. The third-order valence-corrected chi connectivity index (χ3v) is 4.79. The van der Waals surface area contributed by atoms with E-state index in [0.29, 0.717) is 32.0 Å². The normalized spacial score (nSPS) is 13.2. The number of benzene rings is 2.